The average molecular weight is 235 g/mol. The van der Waals surface area contributed by atoms with Gasteiger partial charge in [0.25, 0.3) is 0 Å². The molecule has 1 aromatic heterocycles. The predicted octanol–water partition coefficient (Wildman–Crippen LogP) is -0.558. The Morgan fingerprint density at radius 1 is 1.59 bits per heavy atom. The SMILES string of the molecule is [2H]c1nc(C[C@@H]2NC(=O)[C@@H]3CCCN3C2=O)c[nH]1. The van der Waals surface area contributed by atoms with Gasteiger partial charge in [0, 0.05) is 19.2 Å². The summed E-state index contributed by atoms with van der Waals surface area (Å²) in [6.45, 7) is 0.664. The summed E-state index contributed by atoms with van der Waals surface area (Å²) in [7, 11) is 0. The van der Waals surface area contributed by atoms with Crippen LogP contribution in [0, 0.1) is 0 Å². The lowest BCUT2D eigenvalue weighted by Gasteiger charge is -2.34. The van der Waals surface area contributed by atoms with Crippen molar-refractivity contribution in [3.05, 3.63) is 18.2 Å². The van der Waals surface area contributed by atoms with E-state index in [1.807, 2.05) is 0 Å². The number of amides is 2. The van der Waals surface area contributed by atoms with Crippen molar-refractivity contribution in [2.75, 3.05) is 6.54 Å². The molecule has 2 amide bonds. The van der Waals surface area contributed by atoms with Crippen LogP contribution in [0.25, 0.3) is 0 Å². The molecule has 3 rings (SSSR count). The summed E-state index contributed by atoms with van der Waals surface area (Å²) in [5.74, 6) is -0.106. The molecule has 1 aromatic rings. The summed E-state index contributed by atoms with van der Waals surface area (Å²) in [6, 6.07) is -0.825. The Morgan fingerprint density at radius 2 is 2.47 bits per heavy atom. The second kappa shape index (κ2) is 3.87. The lowest BCUT2D eigenvalue weighted by Crippen LogP contribution is -2.61. The number of piperazine rings is 1. The van der Waals surface area contributed by atoms with Crippen LogP contribution in [-0.2, 0) is 16.0 Å². The van der Waals surface area contributed by atoms with E-state index in [4.69, 9.17) is 1.37 Å². The Bertz CT molecular complexity index is 501. The van der Waals surface area contributed by atoms with Crippen LogP contribution in [0.3, 0.4) is 0 Å². The van der Waals surface area contributed by atoms with Crippen molar-refractivity contribution in [2.45, 2.75) is 31.3 Å². The van der Waals surface area contributed by atoms with Gasteiger partial charge in [0.15, 0.2) is 0 Å². The smallest absolute Gasteiger partial charge is 0.246 e. The molecule has 3 heterocycles. The fourth-order valence-electron chi connectivity index (χ4n) is 2.54. The molecule has 2 saturated heterocycles. The minimum atomic E-state index is -0.547. The highest BCUT2D eigenvalue weighted by Crippen LogP contribution is 2.22. The molecule has 90 valence electrons. The number of nitrogens with zero attached hydrogens (tertiary/aromatic N) is 2. The summed E-state index contributed by atoms with van der Waals surface area (Å²) >= 11 is 0. The minimum absolute atomic E-state index is 0.0355. The number of carbonyl (C=O) groups excluding carboxylic acids is 2. The Hall–Kier alpha value is -1.85. The number of aromatic amines is 1. The second-order valence-corrected chi connectivity index (χ2v) is 4.46. The van der Waals surface area contributed by atoms with E-state index in [2.05, 4.69) is 15.3 Å². The van der Waals surface area contributed by atoms with Crippen molar-refractivity contribution in [2.24, 2.45) is 0 Å². The van der Waals surface area contributed by atoms with Crippen LogP contribution in [0.4, 0.5) is 0 Å². The molecule has 0 spiro atoms. The Morgan fingerprint density at radius 3 is 3.24 bits per heavy atom. The first-order chi connectivity index (χ1) is 8.65. The van der Waals surface area contributed by atoms with Crippen molar-refractivity contribution < 1.29 is 11.0 Å². The third-order valence-corrected chi connectivity index (χ3v) is 3.37. The molecule has 0 aromatic carbocycles. The molecule has 17 heavy (non-hydrogen) atoms. The number of nitrogens with one attached hydrogen (secondary N) is 2. The zero-order chi connectivity index (χ0) is 12.7. The number of fused-ring (bicyclic) bond motifs is 1. The quantitative estimate of drug-likeness (QED) is 0.721. The van der Waals surface area contributed by atoms with Gasteiger partial charge in [-0.3, -0.25) is 9.59 Å². The maximum Gasteiger partial charge on any atom is 0.246 e. The zero-order valence-electron chi connectivity index (χ0n) is 10.3. The van der Waals surface area contributed by atoms with Crippen molar-refractivity contribution in [3.8, 4) is 0 Å². The molecule has 0 saturated carbocycles. The van der Waals surface area contributed by atoms with Crippen LogP contribution in [0.1, 0.15) is 19.9 Å². The molecule has 2 fully saturated rings. The standard InChI is InChI=1S/C11H14N4O2/c16-10-9-2-1-3-15(9)11(17)8(14-10)4-7-5-12-6-13-7/h5-6,8-9H,1-4H2,(H,12,13)(H,14,16)/t8-,9-/m0/s1/i6D. The van der Waals surface area contributed by atoms with Crippen molar-refractivity contribution >= 4 is 11.8 Å². The number of H-pyrrole nitrogens is 1. The molecule has 2 aliphatic rings. The Balaban J connectivity index is 1.76. The maximum absolute atomic E-state index is 12.2. The third kappa shape index (κ3) is 1.69. The first-order valence-corrected chi connectivity index (χ1v) is 5.77. The number of aromatic nitrogens is 2. The van der Waals surface area contributed by atoms with Crippen LogP contribution in [-0.4, -0.2) is 45.3 Å². The van der Waals surface area contributed by atoms with Gasteiger partial charge in [0.2, 0.25) is 11.8 Å². The molecule has 2 N–H and O–H groups in total. The van der Waals surface area contributed by atoms with E-state index in [-0.39, 0.29) is 24.2 Å². The normalized spacial score (nSPS) is 28.9. The van der Waals surface area contributed by atoms with E-state index >= 15 is 0 Å². The van der Waals surface area contributed by atoms with E-state index in [0.717, 1.165) is 12.8 Å². The summed E-state index contributed by atoms with van der Waals surface area (Å²) in [5, 5.41) is 2.75. The van der Waals surface area contributed by atoms with Crippen LogP contribution in [0.2, 0.25) is 0 Å². The van der Waals surface area contributed by atoms with Gasteiger partial charge in [-0.1, -0.05) is 0 Å². The molecule has 0 aliphatic carbocycles. The number of imidazole rings is 1. The van der Waals surface area contributed by atoms with Gasteiger partial charge < -0.3 is 15.2 Å². The molecular formula is C11H14N4O2. The van der Waals surface area contributed by atoms with Gasteiger partial charge in [-0.25, -0.2) is 4.98 Å². The largest absolute Gasteiger partial charge is 0.351 e. The Labute approximate surface area is 99.8 Å². The molecule has 2 aliphatic heterocycles. The highest BCUT2D eigenvalue weighted by atomic mass is 16.2. The van der Waals surface area contributed by atoms with Gasteiger partial charge in [0.1, 0.15) is 13.5 Å². The van der Waals surface area contributed by atoms with Crippen molar-refractivity contribution in [3.63, 3.8) is 0 Å². The van der Waals surface area contributed by atoms with Gasteiger partial charge >= 0.3 is 0 Å². The van der Waals surface area contributed by atoms with Crippen LogP contribution >= 0.6 is 0 Å². The number of carbonyl (C=O) groups is 2. The molecular weight excluding hydrogens is 220 g/mol. The van der Waals surface area contributed by atoms with Crippen LogP contribution < -0.4 is 5.32 Å². The molecule has 6 heteroatoms. The van der Waals surface area contributed by atoms with Crippen LogP contribution in [0.15, 0.2) is 12.5 Å². The summed E-state index contributed by atoms with van der Waals surface area (Å²) < 4.78 is 7.29. The number of hydrogen-bond donors (Lipinski definition) is 2. The monoisotopic (exact) mass is 235 g/mol. The lowest BCUT2D eigenvalue weighted by atomic mass is 10.0. The average Bonchev–Trinajstić information content (AvgIpc) is 2.95. The van der Waals surface area contributed by atoms with Gasteiger partial charge in [0.05, 0.1) is 12.0 Å². The predicted molar refractivity (Wildman–Crippen MR) is 59.0 cm³/mol. The topological polar surface area (TPSA) is 78.1 Å². The number of hydrogen-bond acceptors (Lipinski definition) is 3. The van der Waals surface area contributed by atoms with Gasteiger partial charge in [-0.2, -0.15) is 0 Å². The molecule has 0 bridgehead atoms. The van der Waals surface area contributed by atoms with E-state index in [9.17, 15) is 9.59 Å². The fraction of sp³-hybridized carbons (Fsp3) is 0.545. The van der Waals surface area contributed by atoms with Crippen molar-refractivity contribution in [1.29, 1.82) is 0 Å². The molecule has 0 unspecified atom stereocenters. The third-order valence-electron chi connectivity index (χ3n) is 3.37. The second-order valence-electron chi connectivity index (χ2n) is 4.46. The summed E-state index contributed by atoms with van der Waals surface area (Å²) in [5.41, 5.74) is 0.622. The number of rotatable bonds is 2. The molecule has 2 atom stereocenters. The van der Waals surface area contributed by atoms with Gasteiger partial charge in [-0.15, -0.1) is 0 Å². The summed E-state index contributed by atoms with van der Waals surface area (Å²) in [4.78, 5) is 32.3. The van der Waals surface area contributed by atoms with E-state index in [1.54, 1.807) is 11.1 Å². The zero-order valence-corrected chi connectivity index (χ0v) is 9.27. The van der Waals surface area contributed by atoms with E-state index < -0.39 is 6.04 Å². The first-order valence-electron chi connectivity index (χ1n) is 6.27. The van der Waals surface area contributed by atoms with Crippen LogP contribution in [0.5, 0.6) is 0 Å². The molecule has 0 radical (unpaired) electrons. The van der Waals surface area contributed by atoms with Crippen molar-refractivity contribution in [1.82, 2.24) is 20.2 Å². The fourth-order valence-corrected chi connectivity index (χ4v) is 2.54. The highest BCUT2D eigenvalue weighted by molar-refractivity contribution is 5.97. The summed E-state index contributed by atoms with van der Waals surface area (Å²) in [6.07, 6.45) is 3.64. The van der Waals surface area contributed by atoms with E-state index in [1.165, 1.54) is 0 Å². The Kier molecular flexibility index (Phi) is 2.10. The van der Waals surface area contributed by atoms with E-state index in [0.29, 0.717) is 18.7 Å². The first kappa shape index (κ1) is 9.21. The molecule has 6 nitrogen and oxygen atoms in total. The highest BCUT2D eigenvalue weighted by Gasteiger charge is 2.42. The maximum atomic E-state index is 12.2. The van der Waals surface area contributed by atoms with Gasteiger partial charge in [-0.05, 0) is 12.8 Å². The lowest BCUT2D eigenvalue weighted by molar-refractivity contribution is -0.147. The minimum Gasteiger partial charge on any atom is -0.351 e.